The number of rotatable bonds is 4. The molecule has 2 rings (SSSR count). The van der Waals surface area contributed by atoms with Crippen molar-refractivity contribution in [3.05, 3.63) is 34.6 Å². The van der Waals surface area contributed by atoms with Crippen LogP contribution in [0.1, 0.15) is 38.2 Å². The second-order valence-electron chi connectivity index (χ2n) is 6.44. The van der Waals surface area contributed by atoms with Crippen LogP contribution in [0.3, 0.4) is 0 Å². The number of hydrogen-bond donors (Lipinski definition) is 0. The van der Waals surface area contributed by atoms with E-state index in [2.05, 4.69) is 6.92 Å². The summed E-state index contributed by atoms with van der Waals surface area (Å²) in [6.07, 6.45) is 4.05. The molecule has 0 bridgehead atoms. The van der Waals surface area contributed by atoms with Crippen molar-refractivity contribution in [3.63, 3.8) is 0 Å². The summed E-state index contributed by atoms with van der Waals surface area (Å²) < 4.78 is 13.4. The zero-order valence-corrected chi connectivity index (χ0v) is 13.7. The Morgan fingerprint density at radius 1 is 1.38 bits per heavy atom. The predicted molar refractivity (Wildman–Crippen MR) is 84.2 cm³/mol. The Labute approximate surface area is 131 Å². The van der Waals surface area contributed by atoms with Gasteiger partial charge in [-0.25, -0.2) is 4.39 Å². The Kier molecular flexibility index (Phi) is 5.05. The van der Waals surface area contributed by atoms with Gasteiger partial charge < -0.3 is 0 Å². The lowest BCUT2D eigenvalue weighted by Crippen LogP contribution is -2.53. The van der Waals surface area contributed by atoms with Gasteiger partial charge in [0, 0.05) is 11.4 Å². The Balaban J connectivity index is 2.22. The van der Waals surface area contributed by atoms with Gasteiger partial charge in [-0.3, -0.25) is 9.69 Å². The zero-order valence-electron chi connectivity index (χ0n) is 13.0. The molecule has 1 fully saturated rings. The normalized spacial score (nSPS) is 26.1. The van der Waals surface area contributed by atoms with Gasteiger partial charge in [0.15, 0.2) is 5.78 Å². The van der Waals surface area contributed by atoms with E-state index in [-0.39, 0.29) is 18.0 Å². The number of likely N-dealkylation sites (N-methyl/N-ethyl adjacent to an activating group) is 1. The number of benzene rings is 1. The van der Waals surface area contributed by atoms with Crippen LogP contribution in [0, 0.1) is 11.7 Å². The average Bonchev–Trinajstić information content (AvgIpc) is 2.43. The summed E-state index contributed by atoms with van der Waals surface area (Å²) >= 11 is 6.09. The molecular formula is C17H23ClFNO. The number of ketones is 1. The van der Waals surface area contributed by atoms with Gasteiger partial charge in [0.1, 0.15) is 5.82 Å². The molecule has 2 nitrogen and oxygen atoms in total. The van der Waals surface area contributed by atoms with Gasteiger partial charge in [0.25, 0.3) is 0 Å². The molecular weight excluding hydrogens is 289 g/mol. The molecule has 1 aromatic carbocycles. The molecule has 4 heteroatoms. The van der Waals surface area contributed by atoms with E-state index in [0.29, 0.717) is 16.5 Å². The molecule has 0 N–H and O–H groups in total. The summed E-state index contributed by atoms with van der Waals surface area (Å²) in [4.78, 5) is 14.9. The Morgan fingerprint density at radius 2 is 2.00 bits per heavy atom. The van der Waals surface area contributed by atoms with Crippen LogP contribution in [0.5, 0.6) is 0 Å². The highest BCUT2D eigenvalue weighted by Gasteiger charge is 2.42. The maximum atomic E-state index is 13.4. The minimum Gasteiger partial charge on any atom is -0.297 e. The summed E-state index contributed by atoms with van der Waals surface area (Å²) in [7, 11) is 3.92. The van der Waals surface area contributed by atoms with Crippen LogP contribution in [0.15, 0.2) is 18.2 Å². The second-order valence-corrected chi connectivity index (χ2v) is 6.85. The summed E-state index contributed by atoms with van der Waals surface area (Å²) in [6, 6.07) is 4.21. The fourth-order valence-corrected chi connectivity index (χ4v) is 3.42. The monoisotopic (exact) mass is 311 g/mol. The van der Waals surface area contributed by atoms with Crippen molar-refractivity contribution >= 4 is 17.4 Å². The van der Waals surface area contributed by atoms with Gasteiger partial charge in [-0.2, -0.15) is 0 Å². The quantitative estimate of drug-likeness (QED) is 0.834. The lowest BCUT2D eigenvalue weighted by Gasteiger charge is -2.43. The van der Waals surface area contributed by atoms with Gasteiger partial charge in [0.2, 0.25) is 0 Å². The van der Waals surface area contributed by atoms with Crippen LogP contribution in [-0.4, -0.2) is 30.3 Å². The van der Waals surface area contributed by atoms with Crippen molar-refractivity contribution in [2.24, 2.45) is 5.92 Å². The van der Waals surface area contributed by atoms with E-state index in [0.717, 1.165) is 25.7 Å². The number of Topliss-reactive ketones (excluding diaryl/α,β-unsaturated/α-hetero) is 1. The lowest BCUT2D eigenvalue weighted by molar-refractivity contribution is -0.131. The van der Waals surface area contributed by atoms with E-state index in [1.165, 1.54) is 18.2 Å². The number of halogens is 2. The van der Waals surface area contributed by atoms with E-state index in [1.54, 1.807) is 0 Å². The van der Waals surface area contributed by atoms with Gasteiger partial charge >= 0.3 is 0 Å². The highest BCUT2D eigenvalue weighted by Crippen LogP contribution is 2.37. The smallest absolute Gasteiger partial charge is 0.157 e. The van der Waals surface area contributed by atoms with E-state index in [9.17, 15) is 9.18 Å². The minimum absolute atomic E-state index is 0.145. The van der Waals surface area contributed by atoms with Crippen molar-refractivity contribution in [2.45, 2.75) is 44.6 Å². The number of hydrogen-bond acceptors (Lipinski definition) is 2. The van der Waals surface area contributed by atoms with Crippen LogP contribution in [0.2, 0.25) is 5.02 Å². The number of nitrogens with zero attached hydrogens (tertiary/aromatic N) is 1. The topological polar surface area (TPSA) is 20.3 Å². The minimum atomic E-state index is -0.428. The summed E-state index contributed by atoms with van der Waals surface area (Å²) in [5, 5.41) is 0.461. The first-order valence-corrected chi connectivity index (χ1v) is 7.87. The van der Waals surface area contributed by atoms with E-state index < -0.39 is 5.54 Å². The van der Waals surface area contributed by atoms with E-state index in [1.807, 2.05) is 19.0 Å². The molecule has 1 aromatic rings. The maximum Gasteiger partial charge on any atom is 0.157 e. The Bertz CT molecular complexity index is 522. The second kappa shape index (κ2) is 6.45. The van der Waals surface area contributed by atoms with Crippen LogP contribution >= 0.6 is 11.6 Å². The number of carbonyl (C=O) groups excluding carboxylic acids is 1. The van der Waals surface area contributed by atoms with E-state index >= 15 is 0 Å². The Morgan fingerprint density at radius 3 is 2.57 bits per heavy atom. The molecule has 0 amide bonds. The standard InChI is InChI=1S/C17H23ClFNO/c1-12-6-8-17(9-7-12,20(2)3)16(21)11-13-10-14(19)4-5-15(13)18/h4-5,10,12H,6-9,11H2,1-3H3. The SMILES string of the molecule is CC1CCC(C(=O)Cc2cc(F)ccc2Cl)(N(C)C)CC1. The molecule has 0 aromatic heterocycles. The lowest BCUT2D eigenvalue weighted by atomic mass is 9.72. The van der Waals surface area contributed by atoms with Crippen molar-refractivity contribution in [2.75, 3.05) is 14.1 Å². The largest absolute Gasteiger partial charge is 0.297 e. The molecule has 0 radical (unpaired) electrons. The molecule has 0 heterocycles. The third-order valence-corrected chi connectivity index (χ3v) is 5.20. The molecule has 0 aliphatic heterocycles. The van der Waals surface area contributed by atoms with Crippen molar-refractivity contribution < 1.29 is 9.18 Å². The number of carbonyl (C=O) groups is 1. The molecule has 21 heavy (non-hydrogen) atoms. The third kappa shape index (κ3) is 3.46. The van der Waals surface area contributed by atoms with Crippen molar-refractivity contribution in [1.29, 1.82) is 0 Å². The highest BCUT2D eigenvalue weighted by atomic mass is 35.5. The molecule has 116 valence electrons. The summed E-state index contributed by atoms with van der Waals surface area (Å²) in [6.45, 7) is 2.23. The molecule has 1 aliphatic carbocycles. The van der Waals surface area contributed by atoms with Crippen LogP contribution in [0.4, 0.5) is 4.39 Å². The fourth-order valence-electron chi connectivity index (χ4n) is 3.23. The maximum absolute atomic E-state index is 13.4. The van der Waals surface area contributed by atoms with Crippen molar-refractivity contribution in [3.8, 4) is 0 Å². The molecule has 0 unspecified atom stereocenters. The van der Waals surface area contributed by atoms with Crippen LogP contribution < -0.4 is 0 Å². The van der Waals surface area contributed by atoms with Crippen LogP contribution in [0.25, 0.3) is 0 Å². The highest BCUT2D eigenvalue weighted by molar-refractivity contribution is 6.31. The Hall–Kier alpha value is -0.930. The molecule has 0 spiro atoms. The molecule has 1 saturated carbocycles. The third-order valence-electron chi connectivity index (χ3n) is 4.84. The van der Waals surface area contributed by atoms with Gasteiger partial charge in [0.05, 0.1) is 5.54 Å². The first kappa shape index (κ1) is 16.4. The molecule has 1 aliphatic rings. The fraction of sp³-hybridized carbons (Fsp3) is 0.588. The van der Waals surface area contributed by atoms with Crippen LogP contribution in [-0.2, 0) is 11.2 Å². The predicted octanol–water partition coefficient (Wildman–Crippen LogP) is 4.10. The zero-order chi connectivity index (χ0) is 15.6. The van der Waals surface area contributed by atoms with Gasteiger partial charge in [-0.1, -0.05) is 18.5 Å². The first-order chi connectivity index (χ1) is 9.85. The molecule has 0 saturated heterocycles. The summed E-state index contributed by atoms with van der Waals surface area (Å²) in [5.74, 6) is 0.467. The van der Waals surface area contributed by atoms with Gasteiger partial charge in [-0.05, 0) is 69.5 Å². The summed E-state index contributed by atoms with van der Waals surface area (Å²) in [5.41, 5.74) is 0.156. The van der Waals surface area contributed by atoms with Gasteiger partial charge in [-0.15, -0.1) is 0 Å². The molecule has 0 atom stereocenters. The first-order valence-electron chi connectivity index (χ1n) is 7.50. The van der Waals surface area contributed by atoms with Crippen molar-refractivity contribution in [1.82, 2.24) is 4.90 Å². The average molecular weight is 312 g/mol. The van der Waals surface area contributed by atoms with E-state index in [4.69, 9.17) is 11.6 Å².